The molecule has 24 heavy (non-hydrogen) atoms. The first kappa shape index (κ1) is 15.9. The summed E-state index contributed by atoms with van der Waals surface area (Å²) >= 11 is 0. The summed E-state index contributed by atoms with van der Waals surface area (Å²) in [5, 5.41) is 3.23. The van der Waals surface area contributed by atoms with Gasteiger partial charge in [-0.1, -0.05) is 17.7 Å². The predicted octanol–water partition coefficient (Wildman–Crippen LogP) is 2.66. The van der Waals surface area contributed by atoms with E-state index in [9.17, 15) is 4.79 Å². The van der Waals surface area contributed by atoms with Crippen LogP contribution in [-0.2, 0) is 14.3 Å². The number of aryl methyl sites for hydroxylation is 1. The van der Waals surface area contributed by atoms with Gasteiger partial charge in [0.15, 0.2) is 0 Å². The topological polar surface area (TPSA) is 56.8 Å². The van der Waals surface area contributed by atoms with E-state index in [1.165, 1.54) is 5.56 Å². The smallest absolute Gasteiger partial charge is 0.249 e. The average molecular weight is 331 g/mol. The summed E-state index contributed by atoms with van der Waals surface area (Å²) in [6.45, 7) is 4.18. The molecule has 0 aliphatic carbocycles. The van der Waals surface area contributed by atoms with E-state index in [0.717, 1.165) is 43.4 Å². The minimum absolute atomic E-state index is 0.00839. The van der Waals surface area contributed by atoms with Crippen molar-refractivity contribution in [3.63, 3.8) is 0 Å². The van der Waals surface area contributed by atoms with Gasteiger partial charge in [0.1, 0.15) is 17.5 Å². The van der Waals surface area contributed by atoms with E-state index in [2.05, 4.69) is 24.4 Å². The molecule has 2 atom stereocenters. The first-order chi connectivity index (χ1) is 11.7. The molecule has 3 aliphatic heterocycles. The molecule has 0 aromatic heterocycles. The van der Waals surface area contributed by atoms with Gasteiger partial charge in [-0.2, -0.15) is 0 Å². The van der Waals surface area contributed by atoms with Crippen LogP contribution in [0.2, 0.25) is 0 Å². The molecule has 2 fully saturated rings. The number of fused-ring (bicyclic) bond motifs is 1. The Morgan fingerprint density at radius 2 is 2.08 bits per heavy atom. The highest BCUT2D eigenvalue weighted by molar-refractivity contribution is 5.81. The number of nitrogens with one attached hydrogen (secondary N) is 1. The summed E-state index contributed by atoms with van der Waals surface area (Å²) in [7, 11) is 0. The van der Waals surface area contributed by atoms with Crippen LogP contribution in [0.5, 0.6) is 5.75 Å². The van der Waals surface area contributed by atoms with Crippen molar-refractivity contribution in [3.8, 4) is 5.75 Å². The maximum absolute atomic E-state index is 12.6. The van der Waals surface area contributed by atoms with Crippen molar-refractivity contribution < 1.29 is 19.0 Å². The van der Waals surface area contributed by atoms with Crippen LogP contribution in [0.25, 0.3) is 0 Å². The monoisotopic (exact) mass is 331 g/mol. The number of carbonyl (C=O) groups is 1. The molecule has 4 rings (SSSR count). The molecule has 0 radical (unpaired) electrons. The van der Waals surface area contributed by atoms with Crippen molar-refractivity contribution in [1.82, 2.24) is 5.32 Å². The summed E-state index contributed by atoms with van der Waals surface area (Å²) in [4.78, 5) is 12.6. The van der Waals surface area contributed by atoms with Crippen molar-refractivity contribution >= 4 is 5.91 Å². The standard InChI is InChI=1S/C19H25NO4/c1-13-4-5-16-14(11-13)15(20-18(21)17-3-2-8-23-17)12-19(24-16)6-9-22-10-7-19/h4-5,11,15,17H,2-3,6-10,12H2,1H3,(H,20,21)/t15-,17-/m0/s1. The number of rotatable bonds is 2. The maximum atomic E-state index is 12.6. The Morgan fingerprint density at radius 3 is 2.83 bits per heavy atom. The minimum Gasteiger partial charge on any atom is -0.487 e. The van der Waals surface area contributed by atoms with Crippen LogP contribution in [-0.4, -0.2) is 37.4 Å². The van der Waals surface area contributed by atoms with Crippen LogP contribution in [0.1, 0.15) is 49.3 Å². The zero-order chi connectivity index (χ0) is 16.6. The number of hydrogen-bond donors (Lipinski definition) is 1. The van der Waals surface area contributed by atoms with Gasteiger partial charge < -0.3 is 19.5 Å². The molecule has 3 aliphatic rings. The first-order valence-corrected chi connectivity index (χ1v) is 8.95. The Hall–Kier alpha value is -1.59. The van der Waals surface area contributed by atoms with Gasteiger partial charge >= 0.3 is 0 Å². The highest BCUT2D eigenvalue weighted by Gasteiger charge is 2.43. The fourth-order valence-corrected chi connectivity index (χ4v) is 4.02. The van der Waals surface area contributed by atoms with E-state index < -0.39 is 0 Å². The summed E-state index contributed by atoms with van der Waals surface area (Å²) in [5.41, 5.74) is 2.03. The molecule has 1 aromatic carbocycles. The van der Waals surface area contributed by atoms with Gasteiger partial charge in [0.2, 0.25) is 5.91 Å². The van der Waals surface area contributed by atoms with Crippen molar-refractivity contribution in [2.24, 2.45) is 0 Å². The van der Waals surface area contributed by atoms with E-state index in [1.807, 2.05) is 6.07 Å². The van der Waals surface area contributed by atoms with Crippen molar-refractivity contribution in [1.29, 1.82) is 0 Å². The van der Waals surface area contributed by atoms with E-state index in [4.69, 9.17) is 14.2 Å². The van der Waals surface area contributed by atoms with Gasteiger partial charge in [-0.25, -0.2) is 0 Å². The molecule has 1 N–H and O–H groups in total. The first-order valence-electron chi connectivity index (χ1n) is 8.95. The van der Waals surface area contributed by atoms with Crippen LogP contribution in [0, 0.1) is 6.92 Å². The zero-order valence-electron chi connectivity index (χ0n) is 14.2. The van der Waals surface area contributed by atoms with Crippen LogP contribution in [0.3, 0.4) is 0 Å². The molecule has 5 nitrogen and oxygen atoms in total. The SMILES string of the molecule is Cc1ccc2c(c1)[C@@H](NC(=O)[C@@H]1CCCO1)CC1(CCOCC1)O2. The second-order valence-corrected chi connectivity index (χ2v) is 7.21. The number of ether oxygens (including phenoxy) is 3. The Bertz CT molecular complexity index is 618. The molecular formula is C19H25NO4. The summed E-state index contributed by atoms with van der Waals surface area (Å²) in [6.07, 6.45) is 4.01. The fraction of sp³-hybridized carbons (Fsp3) is 0.632. The highest BCUT2D eigenvalue weighted by Crippen LogP contribution is 2.44. The Labute approximate surface area is 142 Å². The van der Waals surface area contributed by atoms with Gasteiger partial charge in [0.05, 0.1) is 19.3 Å². The quantitative estimate of drug-likeness (QED) is 0.905. The number of amides is 1. The lowest BCUT2D eigenvalue weighted by atomic mass is 9.81. The molecule has 1 spiro atoms. The van der Waals surface area contributed by atoms with Gasteiger partial charge in [-0.05, 0) is 25.8 Å². The van der Waals surface area contributed by atoms with Crippen molar-refractivity contribution in [2.45, 2.75) is 56.8 Å². The third-order valence-electron chi connectivity index (χ3n) is 5.39. The van der Waals surface area contributed by atoms with E-state index in [1.54, 1.807) is 0 Å². The van der Waals surface area contributed by atoms with Gasteiger partial charge in [0, 0.05) is 31.4 Å². The number of benzene rings is 1. The lowest BCUT2D eigenvalue weighted by Crippen LogP contribution is -2.49. The van der Waals surface area contributed by atoms with E-state index in [0.29, 0.717) is 19.8 Å². The van der Waals surface area contributed by atoms with Gasteiger partial charge in [-0.3, -0.25) is 4.79 Å². The van der Waals surface area contributed by atoms with Gasteiger partial charge in [-0.15, -0.1) is 0 Å². The highest BCUT2D eigenvalue weighted by atomic mass is 16.5. The molecule has 3 heterocycles. The third-order valence-corrected chi connectivity index (χ3v) is 5.39. The Balaban J connectivity index is 1.60. The van der Waals surface area contributed by atoms with E-state index >= 15 is 0 Å². The second kappa shape index (κ2) is 6.37. The molecule has 0 saturated carbocycles. The lowest BCUT2D eigenvalue weighted by molar-refractivity contribution is -0.132. The normalized spacial score (nSPS) is 28.2. The molecule has 0 unspecified atom stereocenters. The molecule has 5 heteroatoms. The predicted molar refractivity (Wildman–Crippen MR) is 89.1 cm³/mol. The second-order valence-electron chi connectivity index (χ2n) is 7.21. The van der Waals surface area contributed by atoms with Crippen LogP contribution in [0.15, 0.2) is 18.2 Å². The number of hydrogen-bond acceptors (Lipinski definition) is 4. The molecule has 2 saturated heterocycles. The average Bonchev–Trinajstić information content (AvgIpc) is 3.11. The minimum atomic E-state index is -0.299. The molecule has 1 amide bonds. The molecule has 1 aromatic rings. The maximum Gasteiger partial charge on any atom is 0.249 e. The van der Waals surface area contributed by atoms with E-state index in [-0.39, 0.29) is 23.7 Å². The zero-order valence-corrected chi connectivity index (χ0v) is 14.2. The third kappa shape index (κ3) is 3.03. The molecular weight excluding hydrogens is 306 g/mol. The Kier molecular flexibility index (Phi) is 4.22. The van der Waals surface area contributed by atoms with Crippen LogP contribution < -0.4 is 10.1 Å². The molecule has 130 valence electrons. The fourth-order valence-electron chi connectivity index (χ4n) is 4.02. The van der Waals surface area contributed by atoms with Crippen molar-refractivity contribution in [3.05, 3.63) is 29.3 Å². The van der Waals surface area contributed by atoms with Crippen LogP contribution >= 0.6 is 0 Å². The summed E-state index contributed by atoms with van der Waals surface area (Å²) in [6, 6.07) is 6.20. The van der Waals surface area contributed by atoms with Gasteiger partial charge in [0.25, 0.3) is 0 Å². The van der Waals surface area contributed by atoms with Crippen LogP contribution in [0.4, 0.5) is 0 Å². The summed E-state index contributed by atoms with van der Waals surface area (Å²) in [5.74, 6) is 0.903. The molecule has 0 bridgehead atoms. The van der Waals surface area contributed by atoms with Crippen molar-refractivity contribution in [2.75, 3.05) is 19.8 Å². The Morgan fingerprint density at radius 1 is 1.25 bits per heavy atom. The lowest BCUT2D eigenvalue weighted by Gasteiger charge is -2.44. The number of carbonyl (C=O) groups excluding carboxylic acids is 1. The largest absolute Gasteiger partial charge is 0.487 e. The summed E-state index contributed by atoms with van der Waals surface area (Å²) < 4.78 is 17.4.